The zero-order valence-electron chi connectivity index (χ0n) is 10.6. The van der Waals surface area contributed by atoms with E-state index in [0.717, 1.165) is 0 Å². The molecule has 0 bridgehead atoms. The molecule has 2 rings (SSSR count). The van der Waals surface area contributed by atoms with Crippen LogP contribution < -0.4 is 9.47 Å². The molecule has 20 heavy (non-hydrogen) atoms. The van der Waals surface area contributed by atoms with Crippen molar-refractivity contribution in [3.63, 3.8) is 0 Å². The minimum Gasteiger partial charge on any atom is -0.497 e. The van der Waals surface area contributed by atoms with Crippen molar-refractivity contribution in [2.45, 2.75) is 0 Å². The summed E-state index contributed by atoms with van der Waals surface area (Å²) in [6.07, 6.45) is 0. The van der Waals surface area contributed by atoms with Crippen LogP contribution in [0.15, 0.2) is 42.5 Å². The van der Waals surface area contributed by atoms with Crippen LogP contribution in [0.25, 0.3) is 0 Å². The fraction of sp³-hybridized carbons (Fsp3) is 0.0714. The van der Waals surface area contributed by atoms with E-state index in [0.29, 0.717) is 11.5 Å². The highest BCUT2D eigenvalue weighted by atomic mass is 16.6. The summed E-state index contributed by atoms with van der Waals surface area (Å²) in [5, 5.41) is 19.7. The first-order valence-electron chi connectivity index (χ1n) is 5.64. The third-order valence-electron chi connectivity index (χ3n) is 2.57. The van der Waals surface area contributed by atoms with E-state index in [1.54, 1.807) is 31.4 Å². The van der Waals surface area contributed by atoms with E-state index >= 15 is 0 Å². The lowest BCUT2D eigenvalue weighted by Crippen LogP contribution is -1.94. The molecule has 0 aliphatic rings. The third-order valence-corrected chi connectivity index (χ3v) is 2.57. The minimum absolute atomic E-state index is 0.0826. The van der Waals surface area contributed by atoms with Gasteiger partial charge in [-0.05, 0) is 36.4 Å². The fourth-order valence-electron chi connectivity index (χ4n) is 1.59. The van der Waals surface area contributed by atoms with Gasteiger partial charge < -0.3 is 9.47 Å². The summed E-state index contributed by atoms with van der Waals surface area (Å²) < 4.78 is 10.5. The van der Waals surface area contributed by atoms with Crippen molar-refractivity contribution >= 4 is 5.69 Å². The Morgan fingerprint density at radius 2 is 1.80 bits per heavy atom. The molecule has 0 fully saturated rings. The molecular formula is C14H10N2O4. The van der Waals surface area contributed by atoms with Crippen LogP contribution in [0.4, 0.5) is 5.69 Å². The summed E-state index contributed by atoms with van der Waals surface area (Å²) in [6.45, 7) is 0. The number of methoxy groups -OCH3 is 1. The van der Waals surface area contributed by atoms with Gasteiger partial charge in [0, 0.05) is 6.07 Å². The molecule has 2 aromatic carbocycles. The SMILES string of the molecule is COc1ccc(Oc2ccc(C#N)cc2[N+](=O)[O-])cc1. The van der Waals surface area contributed by atoms with Crippen LogP contribution >= 0.6 is 0 Å². The van der Waals surface area contributed by atoms with Crippen LogP contribution in [-0.4, -0.2) is 12.0 Å². The Kier molecular flexibility index (Phi) is 3.82. The summed E-state index contributed by atoms with van der Waals surface area (Å²) in [6, 6.07) is 12.5. The van der Waals surface area contributed by atoms with Gasteiger partial charge in [0.1, 0.15) is 11.5 Å². The number of ether oxygens (including phenoxy) is 2. The molecule has 0 saturated heterocycles. The average molecular weight is 270 g/mol. The number of hydrogen-bond acceptors (Lipinski definition) is 5. The van der Waals surface area contributed by atoms with Crippen molar-refractivity contribution in [1.29, 1.82) is 5.26 Å². The van der Waals surface area contributed by atoms with Crippen LogP contribution in [0.1, 0.15) is 5.56 Å². The van der Waals surface area contributed by atoms with E-state index in [9.17, 15) is 10.1 Å². The van der Waals surface area contributed by atoms with Crippen molar-refractivity contribution in [3.8, 4) is 23.3 Å². The fourth-order valence-corrected chi connectivity index (χ4v) is 1.59. The number of nitrogens with zero attached hydrogens (tertiary/aromatic N) is 2. The smallest absolute Gasteiger partial charge is 0.312 e. The van der Waals surface area contributed by atoms with Gasteiger partial charge in [0.15, 0.2) is 0 Å². The van der Waals surface area contributed by atoms with Crippen LogP contribution in [0.2, 0.25) is 0 Å². The summed E-state index contributed by atoms with van der Waals surface area (Å²) in [4.78, 5) is 10.4. The minimum atomic E-state index is -0.584. The molecule has 0 aromatic heterocycles. The van der Waals surface area contributed by atoms with Gasteiger partial charge in [0.25, 0.3) is 0 Å². The molecule has 0 aliphatic heterocycles. The summed E-state index contributed by atoms with van der Waals surface area (Å²) >= 11 is 0. The van der Waals surface area contributed by atoms with Gasteiger partial charge in [-0.2, -0.15) is 5.26 Å². The van der Waals surface area contributed by atoms with Gasteiger partial charge in [-0.15, -0.1) is 0 Å². The van der Waals surface area contributed by atoms with Crippen LogP contribution in [-0.2, 0) is 0 Å². The molecular weight excluding hydrogens is 260 g/mol. The second-order valence-corrected chi connectivity index (χ2v) is 3.83. The molecule has 0 aliphatic carbocycles. The van der Waals surface area contributed by atoms with Gasteiger partial charge in [0.05, 0.1) is 23.7 Å². The zero-order chi connectivity index (χ0) is 14.5. The molecule has 0 saturated carbocycles. The molecule has 0 amide bonds. The first-order valence-corrected chi connectivity index (χ1v) is 5.64. The Balaban J connectivity index is 2.32. The van der Waals surface area contributed by atoms with E-state index in [4.69, 9.17) is 14.7 Å². The summed E-state index contributed by atoms with van der Waals surface area (Å²) in [7, 11) is 1.54. The lowest BCUT2D eigenvalue weighted by molar-refractivity contribution is -0.385. The number of rotatable bonds is 4. The van der Waals surface area contributed by atoms with E-state index in [1.165, 1.54) is 18.2 Å². The van der Waals surface area contributed by atoms with E-state index in [2.05, 4.69) is 0 Å². The van der Waals surface area contributed by atoms with Crippen LogP contribution in [0.3, 0.4) is 0 Å². The Morgan fingerprint density at radius 1 is 1.15 bits per heavy atom. The molecule has 0 N–H and O–H groups in total. The van der Waals surface area contributed by atoms with Crippen molar-refractivity contribution in [2.24, 2.45) is 0 Å². The standard InChI is InChI=1S/C14H10N2O4/c1-19-11-3-5-12(6-4-11)20-14-7-2-10(9-15)8-13(14)16(17)18/h2-8H,1H3. The lowest BCUT2D eigenvalue weighted by Gasteiger charge is -2.07. The predicted octanol–water partition coefficient (Wildman–Crippen LogP) is 3.27. The Labute approximate surface area is 114 Å². The highest BCUT2D eigenvalue weighted by Crippen LogP contribution is 2.32. The van der Waals surface area contributed by atoms with Gasteiger partial charge in [0.2, 0.25) is 5.75 Å². The highest BCUT2D eigenvalue weighted by molar-refractivity contribution is 5.53. The maximum Gasteiger partial charge on any atom is 0.312 e. The quantitative estimate of drug-likeness (QED) is 0.628. The normalized spacial score (nSPS) is 9.60. The molecule has 6 nitrogen and oxygen atoms in total. The van der Waals surface area contributed by atoms with Gasteiger partial charge in [-0.25, -0.2) is 0 Å². The number of nitriles is 1. The second-order valence-electron chi connectivity index (χ2n) is 3.83. The highest BCUT2D eigenvalue weighted by Gasteiger charge is 2.16. The summed E-state index contributed by atoms with van der Waals surface area (Å²) in [5.41, 5.74) is -0.0429. The monoisotopic (exact) mass is 270 g/mol. The number of nitro benzene ring substituents is 1. The maximum atomic E-state index is 11.0. The van der Waals surface area contributed by atoms with Crippen LogP contribution in [0.5, 0.6) is 17.2 Å². The number of benzene rings is 2. The first kappa shape index (κ1) is 13.4. The predicted molar refractivity (Wildman–Crippen MR) is 70.9 cm³/mol. The number of hydrogen-bond donors (Lipinski definition) is 0. The molecule has 0 spiro atoms. The molecule has 2 aromatic rings. The number of nitro groups is 1. The van der Waals surface area contributed by atoms with E-state index in [-0.39, 0.29) is 17.0 Å². The molecule has 0 radical (unpaired) electrons. The Hall–Kier alpha value is -3.07. The van der Waals surface area contributed by atoms with Crippen molar-refractivity contribution < 1.29 is 14.4 Å². The molecule has 0 unspecified atom stereocenters. The van der Waals surface area contributed by atoms with Crippen molar-refractivity contribution in [3.05, 3.63) is 58.1 Å². The van der Waals surface area contributed by atoms with Crippen LogP contribution in [0, 0.1) is 21.4 Å². The average Bonchev–Trinajstić information content (AvgIpc) is 2.48. The Morgan fingerprint density at radius 3 is 2.35 bits per heavy atom. The summed E-state index contributed by atoms with van der Waals surface area (Å²) in [5.74, 6) is 1.18. The molecule has 6 heteroatoms. The van der Waals surface area contributed by atoms with E-state index < -0.39 is 4.92 Å². The zero-order valence-corrected chi connectivity index (χ0v) is 10.6. The Bertz CT molecular complexity index is 675. The topological polar surface area (TPSA) is 85.4 Å². The van der Waals surface area contributed by atoms with Gasteiger partial charge in [-0.1, -0.05) is 0 Å². The van der Waals surface area contributed by atoms with Crippen molar-refractivity contribution in [2.75, 3.05) is 7.11 Å². The maximum absolute atomic E-state index is 11.0. The molecule has 100 valence electrons. The third kappa shape index (κ3) is 2.84. The second kappa shape index (κ2) is 5.71. The first-order chi connectivity index (χ1) is 9.63. The van der Waals surface area contributed by atoms with Crippen molar-refractivity contribution in [1.82, 2.24) is 0 Å². The molecule has 0 heterocycles. The largest absolute Gasteiger partial charge is 0.497 e. The lowest BCUT2D eigenvalue weighted by atomic mass is 10.2. The van der Waals surface area contributed by atoms with Gasteiger partial charge >= 0.3 is 5.69 Å². The molecule has 0 atom stereocenters. The van der Waals surface area contributed by atoms with Gasteiger partial charge in [-0.3, -0.25) is 10.1 Å². The van der Waals surface area contributed by atoms with E-state index in [1.807, 2.05) is 6.07 Å².